The fourth-order valence-corrected chi connectivity index (χ4v) is 1.74. The Labute approximate surface area is 125 Å². The summed E-state index contributed by atoms with van der Waals surface area (Å²) in [7, 11) is 1.62. The molecule has 1 rings (SSSR count). The third-order valence-electron chi connectivity index (χ3n) is 2.78. The normalized spacial score (nSPS) is 10.2. The summed E-state index contributed by atoms with van der Waals surface area (Å²) in [5, 5.41) is 8.54. The number of carbonyl (C=O) groups is 2. The lowest BCUT2D eigenvalue weighted by Crippen LogP contribution is -2.36. The van der Waals surface area contributed by atoms with Gasteiger partial charge in [0.1, 0.15) is 0 Å². The van der Waals surface area contributed by atoms with Crippen molar-refractivity contribution in [3.05, 3.63) is 29.8 Å². The van der Waals surface area contributed by atoms with Gasteiger partial charge in [-0.2, -0.15) is 0 Å². The van der Waals surface area contributed by atoms with E-state index in [1.165, 1.54) is 6.92 Å². The smallest absolute Gasteiger partial charge is 0.233 e. The number of nitrogens with one attached hydrogen (secondary N) is 3. The van der Waals surface area contributed by atoms with E-state index in [4.69, 9.17) is 4.74 Å². The minimum atomic E-state index is -0.0870. The fraction of sp³-hybridized carbons (Fsp3) is 0.467. The standard InChI is InChI=1S/C15H23N3O3/c1-12(19)18-14-5-3-13(4-6-14)7-8-17-15(20)11-16-9-10-21-2/h3-6,16H,7-11H2,1-2H3,(H,17,20)(H,18,19). The van der Waals surface area contributed by atoms with Gasteiger partial charge in [-0.25, -0.2) is 0 Å². The second-order valence-corrected chi connectivity index (χ2v) is 4.65. The van der Waals surface area contributed by atoms with E-state index in [0.717, 1.165) is 17.7 Å². The van der Waals surface area contributed by atoms with Crippen molar-refractivity contribution < 1.29 is 14.3 Å². The average Bonchev–Trinajstić information content (AvgIpc) is 2.45. The van der Waals surface area contributed by atoms with E-state index >= 15 is 0 Å². The van der Waals surface area contributed by atoms with Crippen LogP contribution < -0.4 is 16.0 Å². The van der Waals surface area contributed by atoms with Crippen molar-refractivity contribution in [3.63, 3.8) is 0 Å². The van der Waals surface area contributed by atoms with Crippen LogP contribution in [0.2, 0.25) is 0 Å². The van der Waals surface area contributed by atoms with Gasteiger partial charge >= 0.3 is 0 Å². The van der Waals surface area contributed by atoms with Crippen LogP contribution in [0.25, 0.3) is 0 Å². The molecular weight excluding hydrogens is 270 g/mol. The second kappa shape index (κ2) is 9.90. The minimum absolute atomic E-state index is 0.0269. The SMILES string of the molecule is COCCNCC(=O)NCCc1ccc(NC(C)=O)cc1. The van der Waals surface area contributed by atoms with Crippen LogP contribution in [-0.2, 0) is 20.7 Å². The highest BCUT2D eigenvalue weighted by atomic mass is 16.5. The van der Waals surface area contributed by atoms with Crippen LogP contribution >= 0.6 is 0 Å². The molecule has 0 bridgehead atoms. The van der Waals surface area contributed by atoms with Crippen LogP contribution in [0.1, 0.15) is 12.5 Å². The Hall–Kier alpha value is -1.92. The summed E-state index contributed by atoms with van der Waals surface area (Å²) in [5.74, 6) is -0.114. The van der Waals surface area contributed by atoms with E-state index < -0.39 is 0 Å². The maximum Gasteiger partial charge on any atom is 0.233 e. The van der Waals surface area contributed by atoms with Crippen molar-refractivity contribution in [2.45, 2.75) is 13.3 Å². The molecule has 0 aromatic heterocycles. The van der Waals surface area contributed by atoms with Crippen molar-refractivity contribution in [1.82, 2.24) is 10.6 Å². The summed E-state index contributed by atoms with van der Waals surface area (Å²) in [6.45, 7) is 3.61. The van der Waals surface area contributed by atoms with Crippen LogP contribution in [0.3, 0.4) is 0 Å². The van der Waals surface area contributed by atoms with Gasteiger partial charge in [0.25, 0.3) is 0 Å². The maximum absolute atomic E-state index is 11.5. The van der Waals surface area contributed by atoms with E-state index in [-0.39, 0.29) is 11.8 Å². The highest BCUT2D eigenvalue weighted by molar-refractivity contribution is 5.88. The van der Waals surface area contributed by atoms with Gasteiger partial charge in [0, 0.05) is 32.8 Å². The third-order valence-corrected chi connectivity index (χ3v) is 2.78. The fourth-order valence-electron chi connectivity index (χ4n) is 1.74. The van der Waals surface area contributed by atoms with Gasteiger partial charge in [0.15, 0.2) is 0 Å². The zero-order chi connectivity index (χ0) is 15.5. The van der Waals surface area contributed by atoms with Crippen molar-refractivity contribution >= 4 is 17.5 Å². The molecule has 6 nitrogen and oxygen atoms in total. The zero-order valence-electron chi connectivity index (χ0n) is 12.6. The molecule has 0 aliphatic carbocycles. The van der Waals surface area contributed by atoms with E-state index in [0.29, 0.717) is 26.2 Å². The van der Waals surface area contributed by atoms with Gasteiger partial charge in [0.2, 0.25) is 11.8 Å². The Morgan fingerprint density at radius 3 is 2.48 bits per heavy atom. The van der Waals surface area contributed by atoms with E-state index in [1.807, 2.05) is 24.3 Å². The Morgan fingerprint density at radius 2 is 1.86 bits per heavy atom. The van der Waals surface area contributed by atoms with Gasteiger partial charge in [-0.1, -0.05) is 12.1 Å². The van der Waals surface area contributed by atoms with Crippen LogP contribution in [0.15, 0.2) is 24.3 Å². The molecule has 0 aliphatic heterocycles. The maximum atomic E-state index is 11.5. The number of rotatable bonds is 9. The number of hydrogen-bond acceptors (Lipinski definition) is 4. The third kappa shape index (κ3) is 8.06. The van der Waals surface area contributed by atoms with Crippen LogP contribution in [0.5, 0.6) is 0 Å². The molecule has 116 valence electrons. The molecule has 2 amide bonds. The first-order valence-corrected chi connectivity index (χ1v) is 6.94. The molecule has 0 heterocycles. The highest BCUT2D eigenvalue weighted by Crippen LogP contribution is 2.09. The lowest BCUT2D eigenvalue weighted by atomic mass is 10.1. The van der Waals surface area contributed by atoms with Crippen LogP contribution in [-0.4, -0.2) is 45.2 Å². The van der Waals surface area contributed by atoms with E-state index in [9.17, 15) is 9.59 Å². The molecule has 1 aromatic rings. The van der Waals surface area contributed by atoms with Crippen molar-refractivity contribution in [3.8, 4) is 0 Å². The molecule has 0 aliphatic rings. The number of hydrogen-bond donors (Lipinski definition) is 3. The predicted octanol–water partition coefficient (Wildman–Crippen LogP) is 0.540. The molecule has 6 heteroatoms. The van der Waals surface area contributed by atoms with E-state index in [1.54, 1.807) is 7.11 Å². The number of amides is 2. The Balaban J connectivity index is 2.20. The largest absolute Gasteiger partial charge is 0.383 e. The minimum Gasteiger partial charge on any atom is -0.383 e. The zero-order valence-corrected chi connectivity index (χ0v) is 12.6. The molecule has 1 aromatic carbocycles. The molecule has 21 heavy (non-hydrogen) atoms. The first-order valence-electron chi connectivity index (χ1n) is 6.94. The predicted molar refractivity (Wildman–Crippen MR) is 82.2 cm³/mol. The quantitative estimate of drug-likeness (QED) is 0.581. The van der Waals surface area contributed by atoms with Crippen LogP contribution in [0, 0.1) is 0 Å². The number of methoxy groups -OCH3 is 1. The number of benzene rings is 1. The van der Waals surface area contributed by atoms with Crippen LogP contribution in [0.4, 0.5) is 5.69 Å². The lowest BCUT2D eigenvalue weighted by Gasteiger charge is -2.07. The molecule has 0 atom stereocenters. The molecule has 0 radical (unpaired) electrons. The summed E-state index contributed by atoms with van der Waals surface area (Å²) in [4.78, 5) is 22.4. The molecular formula is C15H23N3O3. The topological polar surface area (TPSA) is 79.5 Å². The molecule has 3 N–H and O–H groups in total. The monoisotopic (exact) mass is 293 g/mol. The van der Waals surface area contributed by atoms with Crippen molar-refractivity contribution in [2.24, 2.45) is 0 Å². The van der Waals surface area contributed by atoms with Gasteiger partial charge in [0.05, 0.1) is 13.2 Å². The summed E-state index contributed by atoms with van der Waals surface area (Å²) >= 11 is 0. The van der Waals surface area contributed by atoms with Gasteiger partial charge in [-0.3, -0.25) is 9.59 Å². The second-order valence-electron chi connectivity index (χ2n) is 4.65. The summed E-state index contributed by atoms with van der Waals surface area (Å²) < 4.78 is 4.88. The molecule has 0 saturated carbocycles. The summed E-state index contributed by atoms with van der Waals surface area (Å²) in [5.41, 5.74) is 1.88. The molecule has 0 unspecified atom stereocenters. The Kier molecular flexibility index (Phi) is 8.08. The summed E-state index contributed by atoms with van der Waals surface area (Å²) in [6.07, 6.45) is 0.754. The lowest BCUT2D eigenvalue weighted by molar-refractivity contribution is -0.120. The van der Waals surface area contributed by atoms with E-state index in [2.05, 4.69) is 16.0 Å². The van der Waals surface area contributed by atoms with Gasteiger partial charge < -0.3 is 20.7 Å². The van der Waals surface area contributed by atoms with Crippen molar-refractivity contribution in [2.75, 3.05) is 38.7 Å². The molecule has 0 saturated heterocycles. The number of anilines is 1. The summed E-state index contributed by atoms with van der Waals surface area (Å²) in [6, 6.07) is 7.58. The Morgan fingerprint density at radius 1 is 1.14 bits per heavy atom. The Bertz CT molecular complexity index is 446. The first kappa shape index (κ1) is 17.1. The van der Waals surface area contributed by atoms with Gasteiger partial charge in [-0.15, -0.1) is 0 Å². The first-order chi connectivity index (χ1) is 10.1. The highest BCUT2D eigenvalue weighted by Gasteiger charge is 2.01. The van der Waals surface area contributed by atoms with Gasteiger partial charge in [-0.05, 0) is 24.1 Å². The number of ether oxygens (including phenoxy) is 1. The molecule has 0 spiro atoms. The van der Waals surface area contributed by atoms with Crippen molar-refractivity contribution in [1.29, 1.82) is 0 Å². The average molecular weight is 293 g/mol. The number of carbonyl (C=O) groups excluding carboxylic acids is 2. The molecule has 0 fully saturated rings.